The first-order chi connectivity index (χ1) is 9.68. The van der Waals surface area contributed by atoms with Crippen LogP contribution in [0.1, 0.15) is 13.8 Å². The zero-order chi connectivity index (χ0) is 16.1. The molecule has 1 nitrogen and oxygen atoms in total. The van der Waals surface area contributed by atoms with Crippen LogP contribution in [-0.2, 0) is 0 Å². The van der Waals surface area contributed by atoms with E-state index in [0.29, 0.717) is 18.6 Å². The van der Waals surface area contributed by atoms with E-state index in [-0.39, 0.29) is 4.12 Å². The molecule has 0 aliphatic carbocycles. The fraction of sp³-hybridized carbons (Fsp3) is 0.231. The van der Waals surface area contributed by atoms with Gasteiger partial charge in [0.05, 0.1) is 0 Å². The summed E-state index contributed by atoms with van der Waals surface area (Å²) in [5.41, 5.74) is 0. The molecule has 2 aromatic carbocycles. The molecular weight excluding hydrogens is 356 g/mol. The van der Waals surface area contributed by atoms with Crippen molar-refractivity contribution in [2.75, 3.05) is 0 Å². The summed E-state index contributed by atoms with van der Waals surface area (Å²) in [5, 5.41) is -2.12. The van der Waals surface area contributed by atoms with Gasteiger partial charge >= 0.3 is 125 Å². The minimum absolute atomic E-state index is 0.291. The van der Waals surface area contributed by atoms with Crippen molar-refractivity contribution < 1.29 is 31.1 Å². The normalized spacial score (nSPS) is 11.5. The van der Waals surface area contributed by atoms with Crippen molar-refractivity contribution in [3.05, 3.63) is 34.9 Å². The van der Waals surface area contributed by atoms with Crippen molar-refractivity contribution in [2.45, 2.75) is 20.0 Å². The molecule has 0 N–H and O–H groups in total. The Hall–Kier alpha value is -1.28. The Labute approximate surface area is 125 Å². The number of rotatable bonds is 2. The van der Waals surface area contributed by atoms with Crippen molar-refractivity contribution in [1.82, 2.24) is 0 Å². The van der Waals surface area contributed by atoms with Crippen LogP contribution in [0.2, 0.25) is 0 Å². The van der Waals surface area contributed by atoms with Gasteiger partial charge in [-0.1, -0.05) is 0 Å². The Morgan fingerprint density at radius 2 is 1.14 bits per heavy atom. The molecule has 0 unspecified atom stereocenters. The molecule has 0 aromatic heterocycles. The van der Waals surface area contributed by atoms with Crippen LogP contribution in [0.5, 0.6) is 5.75 Å². The molecule has 8 heteroatoms. The summed E-state index contributed by atoms with van der Waals surface area (Å²) in [6, 6.07) is 0. The van der Waals surface area contributed by atoms with Crippen LogP contribution in [0.15, 0.2) is 0 Å². The number of hydrogen-bond donors (Lipinski definition) is 0. The monoisotopic (exact) mass is 362 g/mol. The summed E-state index contributed by atoms with van der Waals surface area (Å²) < 4.78 is 86.4. The van der Waals surface area contributed by atoms with E-state index in [1.165, 1.54) is 13.8 Å². The molecule has 21 heavy (non-hydrogen) atoms. The molecule has 0 aliphatic heterocycles. The third-order valence-electron chi connectivity index (χ3n) is 2.75. The fourth-order valence-corrected chi connectivity index (χ4v) is 2.86. The second-order valence-electron chi connectivity index (χ2n) is 4.54. The number of benzene rings is 2. The maximum atomic E-state index is 13.9. The van der Waals surface area contributed by atoms with E-state index in [9.17, 15) is 26.3 Å². The Morgan fingerprint density at radius 1 is 0.714 bits per heavy atom. The fourth-order valence-electron chi connectivity index (χ4n) is 1.88. The molecule has 0 atom stereocenters. The quantitative estimate of drug-likeness (QED) is 0.345. The number of hydrogen-bond acceptors (Lipinski definition) is 1. The minimum atomic E-state index is -2.19. The third kappa shape index (κ3) is 2.40. The zero-order valence-electron chi connectivity index (χ0n) is 10.8. The van der Waals surface area contributed by atoms with Crippen molar-refractivity contribution >= 4 is 33.5 Å². The van der Waals surface area contributed by atoms with E-state index in [1.807, 2.05) is 0 Å². The average Bonchev–Trinajstić information content (AvgIpc) is 2.42. The van der Waals surface area contributed by atoms with Gasteiger partial charge in [0, 0.05) is 0 Å². The Bertz CT molecular complexity index is 744. The Kier molecular flexibility index (Phi) is 4.21. The SMILES string of the molecule is CC(C)Oc1c(F)c(F)c2c(F)c(F)c(F)c(F)c2[c]1[Ga]. The molecule has 2 aromatic rings. The van der Waals surface area contributed by atoms with Gasteiger partial charge in [0.2, 0.25) is 0 Å². The molecule has 2 rings (SSSR count). The molecule has 0 saturated carbocycles. The van der Waals surface area contributed by atoms with Gasteiger partial charge in [-0.15, -0.1) is 0 Å². The Balaban J connectivity index is 3.03. The predicted octanol–water partition coefficient (Wildman–Crippen LogP) is 3.26. The van der Waals surface area contributed by atoms with Crippen LogP contribution < -0.4 is 8.85 Å². The molecule has 0 bridgehead atoms. The first kappa shape index (κ1) is 16.1. The topological polar surface area (TPSA) is 9.23 Å². The van der Waals surface area contributed by atoms with E-state index in [1.54, 1.807) is 0 Å². The molecule has 0 aliphatic rings. The van der Waals surface area contributed by atoms with Gasteiger partial charge in [0.15, 0.2) is 0 Å². The van der Waals surface area contributed by atoms with Crippen molar-refractivity contribution in [1.29, 1.82) is 0 Å². The van der Waals surface area contributed by atoms with Crippen molar-refractivity contribution in [2.24, 2.45) is 0 Å². The zero-order valence-corrected chi connectivity index (χ0v) is 13.3. The van der Waals surface area contributed by atoms with Crippen molar-refractivity contribution in [3.8, 4) is 5.75 Å². The van der Waals surface area contributed by atoms with Gasteiger partial charge in [-0.3, -0.25) is 0 Å². The average molecular weight is 363 g/mol. The van der Waals surface area contributed by atoms with Crippen LogP contribution in [0.25, 0.3) is 10.8 Å². The second-order valence-corrected chi connectivity index (χ2v) is 5.75. The van der Waals surface area contributed by atoms with E-state index < -0.39 is 57.5 Å². The predicted molar refractivity (Wildman–Crippen MR) is 64.8 cm³/mol. The Morgan fingerprint density at radius 3 is 1.62 bits per heavy atom. The van der Waals surface area contributed by atoms with Gasteiger partial charge in [-0.05, 0) is 0 Å². The van der Waals surface area contributed by atoms with Crippen LogP contribution in [-0.4, -0.2) is 24.7 Å². The van der Waals surface area contributed by atoms with E-state index in [2.05, 4.69) is 0 Å². The summed E-state index contributed by atoms with van der Waals surface area (Å²) in [6.07, 6.45) is -0.580. The van der Waals surface area contributed by atoms with Crippen LogP contribution >= 0.6 is 0 Å². The second kappa shape index (κ2) is 5.49. The molecule has 0 amide bonds. The summed E-state index contributed by atoms with van der Waals surface area (Å²) in [4.78, 5) is 0. The standard InChI is InChI=1S/C13H7F6O.Ga/c1-4(2)20-6-3-5-7(10(16)9(6)15)11(17)13(19)12(18)8(5)14;/h4H,1-2H3;. The van der Waals surface area contributed by atoms with Gasteiger partial charge < -0.3 is 0 Å². The van der Waals surface area contributed by atoms with Crippen LogP contribution in [0.3, 0.4) is 0 Å². The number of fused-ring (bicyclic) bond motifs is 1. The van der Waals surface area contributed by atoms with Gasteiger partial charge in [-0.25, -0.2) is 0 Å². The first-order valence-corrected chi connectivity index (χ1v) is 6.98. The van der Waals surface area contributed by atoms with E-state index >= 15 is 0 Å². The van der Waals surface area contributed by atoms with Crippen LogP contribution in [0, 0.1) is 34.9 Å². The van der Waals surface area contributed by atoms with Crippen molar-refractivity contribution in [3.63, 3.8) is 0 Å². The maximum absolute atomic E-state index is 13.9. The third-order valence-corrected chi connectivity index (χ3v) is 3.90. The molecular formula is C13H7F6GaO. The number of ether oxygens (including phenoxy) is 1. The first-order valence-electron chi connectivity index (χ1n) is 5.77. The molecule has 0 fully saturated rings. The summed E-state index contributed by atoms with van der Waals surface area (Å²) >= 11 is 0.562. The molecule has 110 valence electrons. The summed E-state index contributed by atoms with van der Waals surface area (Å²) in [7, 11) is 0. The van der Waals surface area contributed by atoms with E-state index in [0.717, 1.165) is 0 Å². The molecule has 0 saturated heterocycles. The van der Waals surface area contributed by atoms with Crippen LogP contribution in [0.4, 0.5) is 26.3 Å². The van der Waals surface area contributed by atoms with Gasteiger partial charge in [-0.2, -0.15) is 0 Å². The van der Waals surface area contributed by atoms with E-state index in [4.69, 9.17) is 4.74 Å². The summed E-state index contributed by atoms with van der Waals surface area (Å²) in [6.45, 7) is 3.02. The number of halogens is 6. The van der Waals surface area contributed by atoms with Gasteiger partial charge in [0.25, 0.3) is 0 Å². The molecule has 2 radical (unpaired) electrons. The van der Waals surface area contributed by atoms with Gasteiger partial charge in [0.1, 0.15) is 0 Å². The summed E-state index contributed by atoms with van der Waals surface area (Å²) in [5.74, 6) is -12.1. The molecule has 0 heterocycles. The molecule has 0 spiro atoms.